The van der Waals surface area contributed by atoms with Crippen molar-refractivity contribution < 1.29 is 9.94 Å². The zero-order valence-electron chi connectivity index (χ0n) is 6.27. The van der Waals surface area contributed by atoms with Gasteiger partial charge in [0.2, 0.25) is 0 Å². The molecule has 1 heterocycles. The maximum Gasteiger partial charge on any atom is 0.309 e. The summed E-state index contributed by atoms with van der Waals surface area (Å²) in [6.07, 6.45) is 1.34. The van der Waals surface area contributed by atoms with E-state index in [-0.39, 0.29) is 5.82 Å². The fourth-order valence-electron chi connectivity index (χ4n) is 0.781. The molecule has 60 valence electrons. The lowest BCUT2D eigenvalue weighted by atomic mass is 10.4. The third-order valence-corrected chi connectivity index (χ3v) is 1.37. The third kappa shape index (κ3) is 1.59. The first-order valence-electron chi connectivity index (χ1n) is 3.40. The molecular formula is C7H10N2O2. The highest BCUT2D eigenvalue weighted by Gasteiger charge is 2.09. The Morgan fingerprint density at radius 2 is 2.36 bits per heavy atom. The largest absolute Gasteiger partial charge is 0.711 e. The summed E-state index contributed by atoms with van der Waals surface area (Å²) in [5.41, 5.74) is 0. The lowest BCUT2D eigenvalue weighted by Crippen LogP contribution is -2.35. The fourth-order valence-corrected chi connectivity index (χ4v) is 0.781. The van der Waals surface area contributed by atoms with E-state index in [1.54, 1.807) is 25.1 Å². The SMILES string of the molecule is CCN(O)c1cccc[n+]1[O-]. The monoisotopic (exact) mass is 154 g/mol. The molecule has 0 aliphatic rings. The first-order chi connectivity index (χ1) is 5.25. The molecule has 0 aromatic carbocycles. The first-order valence-corrected chi connectivity index (χ1v) is 3.40. The molecule has 1 N–H and O–H groups in total. The van der Waals surface area contributed by atoms with Crippen LogP contribution in [0.5, 0.6) is 0 Å². The lowest BCUT2D eigenvalue weighted by Gasteiger charge is -2.11. The van der Waals surface area contributed by atoms with Crippen molar-refractivity contribution in [1.82, 2.24) is 0 Å². The topological polar surface area (TPSA) is 50.4 Å². The fraction of sp³-hybridized carbons (Fsp3) is 0.286. The molecule has 0 unspecified atom stereocenters. The standard InChI is InChI=1S/C7H10N2O2/c1-2-8(10)7-5-3-4-6-9(7)11/h3-6,10H,2H2,1H3. The summed E-state index contributed by atoms with van der Waals surface area (Å²) in [7, 11) is 0. The van der Waals surface area contributed by atoms with Gasteiger partial charge in [-0.1, -0.05) is 6.07 Å². The van der Waals surface area contributed by atoms with Gasteiger partial charge in [0.05, 0.1) is 6.20 Å². The maximum absolute atomic E-state index is 10.9. The minimum Gasteiger partial charge on any atom is -0.711 e. The van der Waals surface area contributed by atoms with Crippen LogP contribution in [0.3, 0.4) is 0 Å². The van der Waals surface area contributed by atoms with Crippen LogP contribution < -0.4 is 9.79 Å². The van der Waals surface area contributed by atoms with E-state index in [1.807, 2.05) is 0 Å². The third-order valence-electron chi connectivity index (χ3n) is 1.37. The molecule has 0 aliphatic heterocycles. The number of pyridine rings is 1. The normalized spacial score (nSPS) is 9.64. The van der Waals surface area contributed by atoms with E-state index in [9.17, 15) is 5.21 Å². The molecule has 1 aromatic rings. The predicted octanol–water partition coefficient (Wildman–Crippen LogP) is 0.535. The molecule has 0 bridgehead atoms. The molecule has 4 heteroatoms. The Hall–Kier alpha value is -1.29. The molecule has 0 saturated heterocycles. The van der Waals surface area contributed by atoms with Gasteiger partial charge in [0, 0.05) is 6.07 Å². The number of nitrogens with zero attached hydrogens (tertiary/aromatic N) is 2. The van der Waals surface area contributed by atoms with Crippen LogP contribution in [0.15, 0.2) is 24.4 Å². The van der Waals surface area contributed by atoms with E-state index in [0.717, 1.165) is 5.06 Å². The Bertz CT molecular complexity index is 240. The molecule has 1 aromatic heterocycles. The molecule has 0 amide bonds. The quantitative estimate of drug-likeness (QED) is 0.384. The second kappa shape index (κ2) is 3.21. The predicted molar refractivity (Wildman–Crippen MR) is 40.2 cm³/mol. The van der Waals surface area contributed by atoms with Crippen molar-refractivity contribution in [1.29, 1.82) is 0 Å². The number of aromatic nitrogens is 1. The van der Waals surface area contributed by atoms with Gasteiger partial charge in [0.15, 0.2) is 0 Å². The molecular weight excluding hydrogens is 144 g/mol. The molecule has 0 radical (unpaired) electrons. The van der Waals surface area contributed by atoms with E-state index in [4.69, 9.17) is 5.21 Å². The number of hydrogen-bond donors (Lipinski definition) is 1. The summed E-state index contributed by atoms with van der Waals surface area (Å²) in [5, 5.41) is 21.0. The molecule has 0 fully saturated rings. The Labute approximate surface area is 64.8 Å². The van der Waals surface area contributed by atoms with Gasteiger partial charge in [0.1, 0.15) is 6.54 Å². The van der Waals surface area contributed by atoms with Crippen LogP contribution in [0.25, 0.3) is 0 Å². The van der Waals surface area contributed by atoms with E-state index in [1.165, 1.54) is 6.20 Å². The Balaban J connectivity index is 2.93. The van der Waals surface area contributed by atoms with Gasteiger partial charge in [-0.2, -0.15) is 0 Å². The van der Waals surface area contributed by atoms with Crippen molar-refractivity contribution >= 4 is 5.82 Å². The minimum atomic E-state index is 0.245. The average Bonchev–Trinajstić information content (AvgIpc) is 2.04. The van der Waals surface area contributed by atoms with E-state index >= 15 is 0 Å². The highest BCUT2D eigenvalue weighted by molar-refractivity contribution is 5.27. The molecule has 0 aliphatic carbocycles. The maximum atomic E-state index is 10.9. The molecule has 11 heavy (non-hydrogen) atoms. The molecule has 0 spiro atoms. The van der Waals surface area contributed by atoms with Gasteiger partial charge in [-0.05, 0) is 13.0 Å². The van der Waals surface area contributed by atoms with Crippen molar-refractivity contribution in [3.63, 3.8) is 0 Å². The molecule has 1 rings (SSSR count). The number of anilines is 1. The van der Waals surface area contributed by atoms with Gasteiger partial charge >= 0.3 is 5.82 Å². The van der Waals surface area contributed by atoms with Crippen LogP contribution in [0.1, 0.15) is 6.92 Å². The summed E-state index contributed by atoms with van der Waals surface area (Å²) in [4.78, 5) is 0. The van der Waals surface area contributed by atoms with Crippen molar-refractivity contribution in [2.75, 3.05) is 11.6 Å². The first kappa shape index (κ1) is 7.81. The van der Waals surface area contributed by atoms with Gasteiger partial charge in [-0.25, -0.2) is 9.94 Å². The smallest absolute Gasteiger partial charge is 0.309 e. The van der Waals surface area contributed by atoms with Gasteiger partial charge in [-0.3, -0.25) is 0 Å². The van der Waals surface area contributed by atoms with E-state index in [2.05, 4.69) is 0 Å². The Morgan fingerprint density at radius 3 is 2.91 bits per heavy atom. The zero-order chi connectivity index (χ0) is 8.27. The van der Waals surface area contributed by atoms with Crippen LogP contribution in [-0.4, -0.2) is 11.8 Å². The van der Waals surface area contributed by atoms with Crippen molar-refractivity contribution in [3.8, 4) is 0 Å². The minimum absolute atomic E-state index is 0.245. The van der Waals surface area contributed by atoms with Crippen molar-refractivity contribution in [2.45, 2.75) is 6.92 Å². The second-order valence-corrected chi connectivity index (χ2v) is 2.10. The summed E-state index contributed by atoms with van der Waals surface area (Å²) < 4.78 is 0.615. The van der Waals surface area contributed by atoms with Crippen LogP contribution in [0, 0.1) is 5.21 Å². The summed E-state index contributed by atoms with van der Waals surface area (Å²) in [6.45, 7) is 2.15. The highest BCUT2D eigenvalue weighted by atomic mass is 16.5. The Morgan fingerprint density at radius 1 is 1.64 bits per heavy atom. The summed E-state index contributed by atoms with van der Waals surface area (Å²) in [6, 6.07) is 4.86. The molecule has 0 atom stereocenters. The van der Waals surface area contributed by atoms with E-state index < -0.39 is 0 Å². The van der Waals surface area contributed by atoms with Crippen LogP contribution in [-0.2, 0) is 0 Å². The Kier molecular flexibility index (Phi) is 2.28. The summed E-state index contributed by atoms with van der Waals surface area (Å²) >= 11 is 0. The lowest BCUT2D eigenvalue weighted by molar-refractivity contribution is -0.594. The zero-order valence-corrected chi connectivity index (χ0v) is 6.27. The van der Waals surface area contributed by atoms with Crippen molar-refractivity contribution in [3.05, 3.63) is 29.6 Å². The van der Waals surface area contributed by atoms with Gasteiger partial charge < -0.3 is 5.21 Å². The van der Waals surface area contributed by atoms with E-state index in [0.29, 0.717) is 11.3 Å². The van der Waals surface area contributed by atoms with Crippen LogP contribution >= 0.6 is 0 Å². The number of hydrogen-bond acceptors (Lipinski definition) is 3. The van der Waals surface area contributed by atoms with Gasteiger partial charge in [-0.15, -0.1) is 5.06 Å². The molecule has 4 nitrogen and oxygen atoms in total. The van der Waals surface area contributed by atoms with Crippen LogP contribution in [0.2, 0.25) is 0 Å². The number of hydroxylamine groups is 1. The summed E-state index contributed by atoms with van der Waals surface area (Å²) in [5.74, 6) is 0.245. The van der Waals surface area contributed by atoms with Gasteiger partial charge in [0.25, 0.3) is 0 Å². The van der Waals surface area contributed by atoms with Crippen molar-refractivity contribution in [2.24, 2.45) is 0 Å². The van der Waals surface area contributed by atoms with Crippen LogP contribution in [0.4, 0.5) is 5.82 Å². The second-order valence-electron chi connectivity index (χ2n) is 2.10. The average molecular weight is 154 g/mol. The highest BCUT2D eigenvalue weighted by Crippen LogP contribution is 2.02. The molecule has 0 saturated carbocycles. The number of rotatable bonds is 2.